The predicted molar refractivity (Wildman–Crippen MR) is 57.3 cm³/mol. The lowest BCUT2D eigenvalue weighted by molar-refractivity contribution is 0.195. The Labute approximate surface area is 89.4 Å². The van der Waals surface area contributed by atoms with Crippen molar-refractivity contribution in [3.8, 4) is 0 Å². The molecule has 0 aliphatic heterocycles. The molecular formula is C12H16FNO. The van der Waals surface area contributed by atoms with Gasteiger partial charge in [0, 0.05) is 19.7 Å². The van der Waals surface area contributed by atoms with Crippen LogP contribution < -0.4 is 5.32 Å². The first-order valence-electron chi connectivity index (χ1n) is 5.32. The molecule has 15 heavy (non-hydrogen) atoms. The summed E-state index contributed by atoms with van der Waals surface area (Å²) in [4.78, 5) is 0. The van der Waals surface area contributed by atoms with E-state index in [1.807, 2.05) is 6.07 Å². The first-order valence-corrected chi connectivity index (χ1v) is 5.32. The van der Waals surface area contributed by atoms with Gasteiger partial charge in [0.05, 0.1) is 6.61 Å². The van der Waals surface area contributed by atoms with E-state index in [1.165, 1.54) is 6.07 Å². The second-order valence-electron chi connectivity index (χ2n) is 3.85. The Kier molecular flexibility index (Phi) is 3.34. The summed E-state index contributed by atoms with van der Waals surface area (Å²) in [6.07, 6.45) is 1.83. The van der Waals surface area contributed by atoms with Gasteiger partial charge in [-0.05, 0) is 30.0 Å². The number of methoxy groups -OCH3 is 1. The number of rotatable bonds is 4. The summed E-state index contributed by atoms with van der Waals surface area (Å²) in [7, 11) is 1.68. The van der Waals surface area contributed by atoms with Crippen LogP contribution in [0, 0.1) is 5.82 Å². The van der Waals surface area contributed by atoms with E-state index in [0.29, 0.717) is 12.6 Å². The van der Waals surface area contributed by atoms with Crippen molar-refractivity contribution in [1.29, 1.82) is 0 Å². The molecule has 0 radical (unpaired) electrons. The van der Waals surface area contributed by atoms with E-state index in [0.717, 1.165) is 30.5 Å². The third-order valence-electron chi connectivity index (χ3n) is 2.91. The highest BCUT2D eigenvalue weighted by atomic mass is 19.1. The van der Waals surface area contributed by atoms with Crippen molar-refractivity contribution in [3.05, 3.63) is 35.1 Å². The lowest BCUT2D eigenvalue weighted by Crippen LogP contribution is -2.23. The van der Waals surface area contributed by atoms with Gasteiger partial charge >= 0.3 is 0 Å². The number of benzene rings is 1. The van der Waals surface area contributed by atoms with E-state index in [2.05, 4.69) is 5.32 Å². The Bertz CT molecular complexity index is 340. The van der Waals surface area contributed by atoms with Crippen LogP contribution in [0.1, 0.15) is 23.6 Å². The molecule has 1 aliphatic rings. The average Bonchev–Trinajstić information content (AvgIpc) is 2.64. The molecule has 1 N–H and O–H groups in total. The molecule has 2 rings (SSSR count). The fourth-order valence-corrected chi connectivity index (χ4v) is 2.16. The number of hydrogen-bond donors (Lipinski definition) is 1. The number of nitrogens with one attached hydrogen (secondary N) is 1. The zero-order chi connectivity index (χ0) is 10.7. The third kappa shape index (κ3) is 2.19. The summed E-state index contributed by atoms with van der Waals surface area (Å²) in [5.41, 5.74) is 2.00. The zero-order valence-corrected chi connectivity index (χ0v) is 8.92. The lowest BCUT2D eigenvalue weighted by atomic mass is 10.1. The maximum absolute atomic E-state index is 13.4. The van der Waals surface area contributed by atoms with Crippen LogP contribution in [-0.2, 0) is 11.2 Å². The van der Waals surface area contributed by atoms with Crippen molar-refractivity contribution < 1.29 is 9.13 Å². The predicted octanol–water partition coefficient (Wildman–Crippen LogP) is 2.05. The van der Waals surface area contributed by atoms with Gasteiger partial charge in [-0.3, -0.25) is 0 Å². The van der Waals surface area contributed by atoms with E-state index in [-0.39, 0.29) is 5.82 Å². The van der Waals surface area contributed by atoms with E-state index in [1.54, 1.807) is 13.2 Å². The molecule has 1 aliphatic carbocycles. The molecule has 0 aromatic heterocycles. The van der Waals surface area contributed by atoms with Gasteiger partial charge in [0.1, 0.15) is 5.82 Å². The van der Waals surface area contributed by atoms with Crippen molar-refractivity contribution in [3.63, 3.8) is 0 Å². The Morgan fingerprint density at radius 3 is 3.20 bits per heavy atom. The van der Waals surface area contributed by atoms with Crippen LogP contribution in [0.4, 0.5) is 4.39 Å². The normalized spacial score (nSPS) is 19.2. The Morgan fingerprint density at radius 1 is 1.53 bits per heavy atom. The molecule has 0 spiro atoms. The summed E-state index contributed by atoms with van der Waals surface area (Å²) >= 11 is 0. The minimum absolute atomic E-state index is 0.0662. The fraction of sp³-hybridized carbons (Fsp3) is 0.500. The molecule has 82 valence electrons. The summed E-state index contributed by atoms with van der Waals surface area (Å²) in [6, 6.07) is 5.63. The number of ether oxygens (including phenoxy) is 1. The topological polar surface area (TPSA) is 21.3 Å². The van der Waals surface area contributed by atoms with Gasteiger partial charge in [0.25, 0.3) is 0 Å². The van der Waals surface area contributed by atoms with Crippen molar-refractivity contribution in [2.24, 2.45) is 0 Å². The summed E-state index contributed by atoms with van der Waals surface area (Å²) in [5, 5.41) is 3.37. The number of hydrogen-bond acceptors (Lipinski definition) is 2. The van der Waals surface area contributed by atoms with Crippen LogP contribution in [0.2, 0.25) is 0 Å². The highest BCUT2D eigenvalue weighted by Gasteiger charge is 2.23. The summed E-state index contributed by atoms with van der Waals surface area (Å²) in [5.74, 6) is -0.0662. The van der Waals surface area contributed by atoms with E-state index < -0.39 is 0 Å². The maximum atomic E-state index is 13.4. The molecule has 0 heterocycles. The number of halogens is 1. The molecule has 2 nitrogen and oxygen atoms in total. The van der Waals surface area contributed by atoms with Crippen molar-refractivity contribution in [1.82, 2.24) is 5.32 Å². The van der Waals surface area contributed by atoms with Crippen LogP contribution >= 0.6 is 0 Å². The smallest absolute Gasteiger partial charge is 0.126 e. The van der Waals surface area contributed by atoms with Gasteiger partial charge in [-0.15, -0.1) is 0 Å². The maximum Gasteiger partial charge on any atom is 0.126 e. The Balaban J connectivity index is 2.05. The highest BCUT2D eigenvalue weighted by molar-refractivity contribution is 5.35. The highest BCUT2D eigenvalue weighted by Crippen LogP contribution is 2.32. The molecule has 0 amide bonds. The largest absolute Gasteiger partial charge is 0.383 e. The van der Waals surface area contributed by atoms with Gasteiger partial charge in [0.2, 0.25) is 0 Å². The monoisotopic (exact) mass is 209 g/mol. The first kappa shape index (κ1) is 10.6. The summed E-state index contributed by atoms with van der Waals surface area (Å²) < 4.78 is 18.4. The quantitative estimate of drug-likeness (QED) is 0.766. The zero-order valence-electron chi connectivity index (χ0n) is 8.92. The molecule has 0 saturated carbocycles. The molecule has 1 aromatic rings. The van der Waals surface area contributed by atoms with Crippen LogP contribution in [0.3, 0.4) is 0 Å². The second-order valence-corrected chi connectivity index (χ2v) is 3.85. The van der Waals surface area contributed by atoms with Crippen LogP contribution in [0.25, 0.3) is 0 Å². The van der Waals surface area contributed by atoms with Crippen LogP contribution in [-0.4, -0.2) is 20.3 Å². The van der Waals surface area contributed by atoms with E-state index in [4.69, 9.17) is 4.74 Å². The number of fused-ring (bicyclic) bond motifs is 1. The standard InChI is InChI=1S/C12H16FNO/c1-15-8-7-14-12-6-5-9-10(12)3-2-4-11(9)13/h2-4,12,14H,5-8H2,1H3. The van der Waals surface area contributed by atoms with Crippen molar-refractivity contribution in [2.75, 3.05) is 20.3 Å². The van der Waals surface area contributed by atoms with Crippen molar-refractivity contribution >= 4 is 0 Å². The van der Waals surface area contributed by atoms with Crippen LogP contribution in [0.5, 0.6) is 0 Å². The minimum atomic E-state index is -0.0662. The van der Waals surface area contributed by atoms with Gasteiger partial charge < -0.3 is 10.1 Å². The lowest BCUT2D eigenvalue weighted by Gasteiger charge is -2.13. The third-order valence-corrected chi connectivity index (χ3v) is 2.91. The minimum Gasteiger partial charge on any atom is -0.383 e. The van der Waals surface area contributed by atoms with Gasteiger partial charge in [-0.2, -0.15) is 0 Å². The molecular weight excluding hydrogens is 193 g/mol. The molecule has 0 bridgehead atoms. The van der Waals surface area contributed by atoms with E-state index >= 15 is 0 Å². The Hall–Kier alpha value is -0.930. The van der Waals surface area contributed by atoms with Crippen LogP contribution in [0.15, 0.2) is 18.2 Å². The molecule has 1 atom stereocenters. The molecule has 3 heteroatoms. The van der Waals surface area contributed by atoms with Gasteiger partial charge in [-0.1, -0.05) is 12.1 Å². The SMILES string of the molecule is COCCNC1CCc2c(F)cccc21. The average molecular weight is 209 g/mol. The first-order chi connectivity index (χ1) is 7.33. The molecule has 1 aromatic carbocycles. The van der Waals surface area contributed by atoms with E-state index in [9.17, 15) is 4.39 Å². The molecule has 0 fully saturated rings. The van der Waals surface area contributed by atoms with Gasteiger partial charge in [0.15, 0.2) is 0 Å². The Morgan fingerprint density at radius 2 is 2.40 bits per heavy atom. The summed E-state index contributed by atoms with van der Waals surface area (Å²) in [6.45, 7) is 1.51. The fourth-order valence-electron chi connectivity index (χ4n) is 2.16. The molecule has 1 unspecified atom stereocenters. The molecule has 0 saturated heterocycles. The van der Waals surface area contributed by atoms with Crippen molar-refractivity contribution in [2.45, 2.75) is 18.9 Å². The second kappa shape index (κ2) is 4.73. The van der Waals surface area contributed by atoms with Gasteiger partial charge in [-0.25, -0.2) is 4.39 Å².